The van der Waals surface area contributed by atoms with Crippen molar-refractivity contribution in [3.05, 3.63) is 71.5 Å². The van der Waals surface area contributed by atoms with Crippen LogP contribution in [0.2, 0.25) is 0 Å². The molecule has 0 radical (unpaired) electrons. The molecule has 4 rings (SSSR count). The van der Waals surface area contributed by atoms with Gasteiger partial charge in [-0.2, -0.15) is 0 Å². The third-order valence-electron chi connectivity index (χ3n) is 8.56. The first-order valence-electron chi connectivity index (χ1n) is 14.4. The first-order chi connectivity index (χ1) is 17.9. The van der Waals surface area contributed by atoms with E-state index in [1.165, 1.54) is 36.8 Å². The third kappa shape index (κ3) is 8.38. The van der Waals surface area contributed by atoms with E-state index in [-0.39, 0.29) is 11.9 Å². The highest BCUT2D eigenvalue weighted by atomic mass is 19.1. The number of nitrogens with one attached hydrogen (secondary N) is 1. The van der Waals surface area contributed by atoms with Crippen molar-refractivity contribution in [2.24, 2.45) is 17.8 Å². The van der Waals surface area contributed by atoms with E-state index in [0.29, 0.717) is 24.2 Å². The van der Waals surface area contributed by atoms with E-state index in [1.54, 1.807) is 12.1 Å². The predicted molar refractivity (Wildman–Crippen MR) is 148 cm³/mol. The Hall–Kier alpha value is -2.24. The highest BCUT2D eigenvalue weighted by Gasteiger charge is 2.38. The van der Waals surface area contributed by atoms with Crippen LogP contribution in [0.25, 0.3) is 0 Å². The average molecular weight is 509 g/mol. The fourth-order valence-electron chi connectivity index (χ4n) is 6.60. The summed E-state index contributed by atoms with van der Waals surface area (Å²) < 4.78 is 13.1. The van der Waals surface area contributed by atoms with Gasteiger partial charge in [0.1, 0.15) is 11.9 Å². The molecule has 0 aromatic heterocycles. The Morgan fingerprint density at radius 2 is 1.76 bits per heavy atom. The second-order valence-electron chi connectivity index (χ2n) is 11.9. The zero-order valence-corrected chi connectivity index (χ0v) is 22.6. The number of aryl methyl sites for hydroxylation is 1. The monoisotopic (exact) mass is 508 g/mol. The summed E-state index contributed by atoms with van der Waals surface area (Å²) in [6.45, 7) is 7.59. The molecule has 202 valence electrons. The summed E-state index contributed by atoms with van der Waals surface area (Å²) in [5.74, 6) is 1.27. The lowest BCUT2D eigenvalue weighted by molar-refractivity contribution is -0.140. The van der Waals surface area contributed by atoms with Crippen LogP contribution in [0.15, 0.2) is 54.6 Å². The summed E-state index contributed by atoms with van der Waals surface area (Å²) in [6, 6.07) is 17.5. The Morgan fingerprint density at radius 1 is 1.05 bits per heavy atom. The molecule has 2 aliphatic rings. The number of rotatable bonds is 12. The SMILES string of the molecule is CC(C)CC(NC1CC(CN2CCC(CCCc3ccc(F)cc3)CC2)C(c2ccccc2)C1)C(=O)O. The Morgan fingerprint density at radius 3 is 2.41 bits per heavy atom. The van der Waals surface area contributed by atoms with Gasteiger partial charge < -0.3 is 15.3 Å². The Labute approximate surface area is 222 Å². The molecule has 5 heteroatoms. The molecule has 1 saturated heterocycles. The van der Waals surface area contributed by atoms with Crippen LogP contribution in [0.5, 0.6) is 0 Å². The number of likely N-dealkylation sites (tertiary alicyclic amines) is 1. The number of piperidine rings is 1. The number of aliphatic carboxylic acids is 1. The summed E-state index contributed by atoms with van der Waals surface area (Å²) in [5, 5.41) is 13.3. The van der Waals surface area contributed by atoms with Gasteiger partial charge in [0.05, 0.1) is 0 Å². The van der Waals surface area contributed by atoms with Gasteiger partial charge in [-0.25, -0.2) is 4.39 Å². The molecule has 2 fully saturated rings. The van der Waals surface area contributed by atoms with Crippen molar-refractivity contribution in [3.63, 3.8) is 0 Å². The number of carbonyl (C=O) groups is 1. The molecular formula is C32H45FN2O2. The van der Waals surface area contributed by atoms with Crippen LogP contribution in [0, 0.1) is 23.6 Å². The maximum atomic E-state index is 13.1. The molecule has 1 heterocycles. The van der Waals surface area contributed by atoms with Crippen molar-refractivity contribution >= 4 is 5.97 Å². The summed E-state index contributed by atoms with van der Waals surface area (Å²) in [6.07, 6.45) is 8.68. The van der Waals surface area contributed by atoms with Gasteiger partial charge in [-0.1, -0.05) is 62.7 Å². The summed E-state index contributed by atoms with van der Waals surface area (Å²) in [4.78, 5) is 14.5. The molecule has 1 aliphatic heterocycles. The summed E-state index contributed by atoms with van der Waals surface area (Å²) in [7, 11) is 0. The van der Waals surface area contributed by atoms with E-state index >= 15 is 0 Å². The molecule has 4 atom stereocenters. The van der Waals surface area contributed by atoms with Crippen LogP contribution < -0.4 is 5.32 Å². The number of hydrogen-bond acceptors (Lipinski definition) is 3. The van der Waals surface area contributed by atoms with E-state index in [4.69, 9.17) is 0 Å². The lowest BCUT2D eigenvalue weighted by Gasteiger charge is -2.35. The van der Waals surface area contributed by atoms with Gasteiger partial charge >= 0.3 is 5.97 Å². The van der Waals surface area contributed by atoms with Crippen molar-refractivity contribution in [2.75, 3.05) is 19.6 Å². The largest absolute Gasteiger partial charge is 0.480 e. The number of nitrogens with zero attached hydrogens (tertiary/aromatic N) is 1. The highest BCUT2D eigenvalue weighted by Crippen LogP contribution is 2.41. The molecular weight excluding hydrogens is 463 g/mol. The second kappa shape index (κ2) is 13.5. The van der Waals surface area contributed by atoms with Crippen LogP contribution >= 0.6 is 0 Å². The molecule has 0 amide bonds. The molecule has 1 saturated carbocycles. The van der Waals surface area contributed by atoms with Crippen LogP contribution in [-0.4, -0.2) is 47.7 Å². The Kier molecular flexibility index (Phi) is 10.2. The van der Waals surface area contributed by atoms with Crippen LogP contribution in [0.3, 0.4) is 0 Å². The average Bonchev–Trinajstić information content (AvgIpc) is 3.28. The van der Waals surface area contributed by atoms with Crippen molar-refractivity contribution in [2.45, 2.75) is 83.2 Å². The van der Waals surface area contributed by atoms with Crippen molar-refractivity contribution in [1.82, 2.24) is 10.2 Å². The zero-order valence-electron chi connectivity index (χ0n) is 22.6. The molecule has 0 spiro atoms. The zero-order chi connectivity index (χ0) is 26.2. The summed E-state index contributed by atoms with van der Waals surface area (Å²) in [5.41, 5.74) is 2.62. The number of benzene rings is 2. The van der Waals surface area contributed by atoms with Gasteiger partial charge in [-0.3, -0.25) is 4.79 Å². The third-order valence-corrected chi connectivity index (χ3v) is 8.56. The second-order valence-corrected chi connectivity index (χ2v) is 11.9. The van der Waals surface area contributed by atoms with Crippen molar-refractivity contribution in [3.8, 4) is 0 Å². The molecule has 37 heavy (non-hydrogen) atoms. The Balaban J connectivity index is 1.28. The minimum absolute atomic E-state index is 0.160. The molecule has 2 N–H and O–H groups in total. The smallest absolute Gasteiger partial charge is 0.320 e. The van der Waals surface area contributed by atoms with E-state index in [2.05, 4.69) is 54.4 Å². The Bertz CT molecular complexity index is 957. The first-order valence-corrected chi connectivity index (χ1v) is 14.4. The molecule has 4 unspecified atom stereocenters. The normalized spacial score (nSPS) is 23.9. The fraction of sp³-hybridized carbons (Fsp3) is 0.594. The molecule has 2 aromatic rings. The van der Waals surface area contributed by atoms with Gasteiger partial charge in [-0.05, 0) is 105 Å². The van der Waals surface area contributed by atoms with E-state index in [1.807, 2.05) is 12.1 Å². The van der Waals surface area contributed by atoms with E-state index < -0.39 is 12.0 Å². The number of carboxylic acids is 1. The van der Waals surface area contributed by atoms with Gasteiger partial charge in [0.25, 0.3) is 0 Å². The highest BCUT2D eigenvalue weighted by molar-refractivity contribution is 5.73. The predicted octanol–water partition coefficient (Wildman–Crippen LogP) is 6.51. The van der Waals surface area contributed by atoms with Crippen molar-refractivity contribution < 1.29 is 14.3 Å². The maximum absolute atomic E-state index is 13.1. The van der Waals surface area contributed by atoms with Gasteiger partial charge in [0.2, 0.25) is 0 Å². The molecule has 0 bridgehead atoms. The van der Waals surface area contributed by atoms with Crippen LogP contribution in [0.1, 0.15) is 75.8 Å². The van der Waals surface area contributed by atoms with Crippen LogP contribution in [-0.2, 0) is 11.2 Å². The number of carboxylic acid groups (broad SMARTS) is 1. The number of hydrogen-bond donors (Lipinski definition) is 2. The number of halogens is 1. The topological polar surface area (TPSA) is 52.6 Å². The van der Waals surface area contributed by atoms with Gasteiger partial charge in [-0.15, -0.1) is 0 Å². The van der Waals surface area contributed by atoms with Gasteiger partial charge in [0, 0.05) is 12.6 Å². The van der Waals surface area contributed by atoms with Gasteiger partial charge in [0.15, 0.2) is 0 Å². The molecule has 1 aliphatic carbocycles. The minimum Gasteiger partial charge on any atom is -0.480 e. The minimum atomic E-state index is -0.727. The first kappa shape index (κ1) is 27.8. The lowest BCUT2D eigenvalue weighted by Crippen LogP contribution is -2.43. The van der Waals surface area contributed by atoms with E-state index in [0.717, 1.165) is 44.8 Å². The molecule has 2 aromatic carbocycles. The van der Waals surface area contributed by atoms with Crippen LogP contribution in [0.4, 0.5) is 4.39 Å². The van der Waals surface area contributed by atoms with E-state index in [9.17, 15) is 14.3 Å². The maximum Gasteiger partial charge on any atom is 0.320 e. The molecule has 4 nitrogen and oxygen atoms in total. The van der Waals surface area contributed by atoms with Crippen molar-refractivity contribution in [1.29, 1.82) is 0 Å². The summed E-state index contributed by atoms with van der Waals surface area (Å²) >= 11 is 0. The standard InChI is InChI=1S/C32H45FN2O2/c1-23(2)19-31(32(36)37)34-29-20-27(30(21-29)26-9-4-3-5-10-26)22-35-17-15-25(16-18-35)8-6-7-24-11-13-28(33)14-12-24/h3-5,9-14,23,25,27,29-31,34H,6-8,15-22H2,1-2H3,(H,36,37). The lowest BCUT2D eigenvalue weighted by atomic mass is 9.87. The quantitative estimate of drug-likeness (QED) is 0.343. The fourth-order valence-corrected chi connectivity index (χ4v) is 6.60.